The van der Waals surface area contributed by atoms with Crippen LogP contribution in [0.1, 0.15) is 5.56 Å². The Morgan fingerprint density at radius 3 is 2.73 bits per heavy atom. The molecule has 10 heteroatoms. The molecule has 6 nitrogen and oxygen atoms in total. The van der Waals surface area contributed by atoms with Crippen molar-refractivity contribution in [3.63, 3.8) is 0 Å². The highest BCUT2D eigenvalue weighted by atomic mass is 35.5. The second kappa shape index (κ2) is 8.42. The van der Waals surface area contributed by atoms with E-state index in [0.717, 1.165) is 5.56 Å². The van der Waals surface area contributed by atoms with E-state index in [2.05, 4.69) is 4.99 Å². The molecular formula is C20H18Cl2N2O4S2. The maximum Gasteiger partial charge on any atom is 0.252 e. The summed E-state index contributed by atoms with van der Waals surface area (Å²) >= 11 is 13.9. The number of carbonyl (C=O) groups is 1. The first-order chi connectivity index (χ1) is 14.3. The minimum absolute atomic E-state index is 0.0206. The zero-order valence-corrected chi connectivity index (χ0v) is 19.1. The highest BCUT2D eigenvalue weighted by Gasteiger charge is 2.49. The Bertz CT molecular complexity index is 1140. The number of hydrogen-bond acceptors (Lipinski definition) is 5. The van der Waals surface area contributed by atoms with Crippen LogP contribution in [-0.4, -0.2) is 49.4 Å². The molecule has 0 radical (unpaired) electrons. The SMILES string of the molecule is COc1ccccc1CC(=O)N=C1SC2CS(=O)(=O)CC2N1c1cccc(Cl)c1Cl. The van der Waals surface area contributed by atoms with E-state index in [9.17, 15) is 13.2 Å². The van der Waals surface area contributed by atoms with Crippen LogP contribution in [0, 0.1) is 0 Å². The number of benzene rings is 2. The summed E-state index contributed by atoms with van der Waals surface area (Å²) in [6.45, 7) is 0. The highest BCUT2D eigenvalue weighted by molar-refractivity contribution is 8.16. The predicted octanol–water partition coefficient (Wildman–Crippen LogP) is 3.85. The van der Waals surface area contributed by atoms with E-state index in [0.29, 0.717) is 26.6 Å². The van der Waals surface area contributed by atoms with Crippen LogP contribution in [0.4, 0.5) is 5.69 Å². The van der Waals surface area contributed by atoms with Crippen LogP contribution in [0.25, 0.3) is 0 Å². The maximum absolute atomic E-state index is 12.8. The van der Waals surface area contributed by atoms with Crippen LogP contribution < -0.4 is 9.64 Å². The van der Waals surface area contributed by atoms with E-state index < -0.39 is 9.84 Å². The molecule has 2 unspecified atom stereocenters. The summed E-state index contributed by atoms with van der Waals surface area (Å²) in [6.07, 6.45) is 0.0683. The van der Waals surface area contributed by atoms with Crippen LogP contribution in [-0.2, 0) is 21.1 Å². The molecule has 2 atom stereocenters. The molecule has 2 aromatic rings. The largest absolute Gasteiger partial charge is 0.496 e. The fraction of sp³-hybridized carbons (Fsp3) is 0.300. The number of fused-ring (bicyclic) bond motifs is 1. The standard InChI is InChI=1S/C20H18Cl2N2O4S2/c1-28-16-8-3-2-5-12(16)9-18(25)23-20-24(14-7-4-6-13(21)19(14)22)15-10-30(26,27)11-17(15)29-20/h2-8,15,17H,9-11H2,1H3. The summed E-state index contributed by atoms with van der Waals surface area (Å²) in [6, 6.07) is 12.0. The minimum Gasteiger partial charge on any atom is -0.496 e. The summed E-state index contributed by atoms with van der Waals surface area (Å²) in [5.41, 5.74) is 1.28. The van der Waals surface area contributed by atoms with Crippen molar-refractivity contribution in [2.24, 2.45) is 4.99 Å². The number of sulfone groups is 1. The Kier molecular flexibility index (Phi) is 6.03. The zero-order valence-electron chi connectivity index (χ0n) is 15.9. The summed E-state index contributed by atoms with van der Waals surface area (Å²) in [5.74, 6) is 0.278. The first-order valence-electron chi connectivity index (χ1n) is 9.13. The van der Waals surface area contributed by atoms with Crippen molar-refractivity contribution in [1.29, 1.82) is 0 Å². The Morgan fingerprint density at radius 1 is 1.20 bits per heavy atom. The summed E-state index contributed by atoms with van der Waals surface area (Å²) in [4.78, 5) is 18.8. The second-order valence-electron chi connectivity index (χ2n) is 7.02. The normalized spacial score (nSPS) is 23.6. The number of carbonyl (C=O) groups excluding carboxylic acids is 1. The van der Waals surface area contributed by atoms with Crippen molar-refractivity contribution >= 4 is 61.6 Å². The number of amides is 1. The Labute approximate surface area is 189 Å². The fourth-order valence-electron chi connectivity index (χ4n) is 3.68. The quantitative estimate of drug-likeness (QED) is 0.655. The third-order valence-electron chi connectivity index (χ3n) is 5.01. The molecule has 1 amide bonds. The molecule has 2 heterocycles. The molecular weight excluding hydrogens is 467 g/mol. The van der Waals surface area contributed by atoms with E-state index in [1.165, 1.54) is 11.8 Å². The van der Waals surface area contributed by atoms with Gasteiger partial charge in [0.25, 0.3) is 5.91 Å². The van der Waals surface area contributed by atoms with E-state index >= 15 is 0 Å². The van der Waals surface area contributed by atoms with Crippen LogP contribution in [0.5, 0.6) is 5.75 Å². The molecule has 0 N–H and O–H groups in total. The monoisotopic (exact) mass is 484 g/mol. The van der Waals surface area contributed by atoms with Crippen molar-refractivity contribution < 1.29 is 17.9 Å². The lowest BCUT2D eigenvalue weighted by Crippen LogP contribution is -2.38. The molecule has 4 rings (SSSR count). The van der Waals surface area contributed by atoms with Crippen molar-refractivity contribution in [1.82, 2.24) is 0 Å². The molecule has 158 valence electrons. The van der Waals surface area contributed by atoms with Gasteiger partial charge in [-0.15, -0.1) is 0 Å². The van der Waals surface area contributed by atoms with Crippen molar-refractivity contribution in [3.8, 4) is 5.75 Å². The van der Waals surface area contributed by atoms with Gasteiger partial charge in [-0.1, -0.05) is 59.2 Å². The smallest absolute Gasteiger partial charge is 0.252 e. The molecule has 0 aromatic heterocycles. The number of aliphatic imine (C=N–C) groups is 1. The number of thioether (sulfide) groups is 1. The molecule has 0 bridgehead atoms. The Balaban J connectivity index is 1.69. The number of methoxy groups -OCH3 is 1. The van der Waals surface area contributed by atoms with E-state index in [-0.39, 0.29) is 35.1 Å². The lowest BCUT2D eigenvalue weighted by molar-refractivity contribution is -0.117. The summed E-state index contributed by atoms with van der Waals surface area (Å²) in [5, 5.41) is 0.865. The van der Waals surface area contributed by atoms with E-state index in [4.69, 9.17) is 27.9 Å². The summed E-state index contributed by atoms with van der Waals surface area (Å²) in [7, 11) is -1.63. The molecule has 0 spiro atoms. The van der Waals surface area contributed by atoms with Crippen LogP contribution in [0.3, 0.4) is 0 Å². The number of amidine groups is 1. The lowest BCUT2D eigenvalue weighted by atomic mass is 10.1. The average Bonchev–Trinajstić information content (AvgIpc) is 3.15. The molecule has 2 aliphatic heterocycles. The van der Waals surface area contributed by atoms with Crippen LogP contribution in [0.15, 0.2) is 47.5 Å². The molecule has 2 saturated heterocycles. The third-order valence-corrected chi connectivity index (χ3v) is 9.03. The number of para-hydroxylation sites is 1. The molecule has 2 aromatic carbocycles. The number of nitrogens with zero attached hydrogens (tertiary/aromatic N) is 2. The van der Waals surface area contributed by atoms with Gasteiger partial charge in [-0.25, -0.2) is 8.42 Å². The van der Waals surface area contributed by atoms with Crippen molar-refractivity contribution in [2.75, 3.05) is 23.5 Å². The zero-order chi connectivity index (χ0) is 21.5. The second-order valence-corrected chi connectivity index (χ2v) is 11.2. The van der Waals surface area contributed by atoms with Crippen LogP contribution in [0.2, 0.25) is 10.0 Å². The van der Waals surface area contributed by atoms with E-state index in [1.54, 1.807) is 36.3 Å². The predicted molar refractivity (Wildman–Crippen MR) is 122 cm³/mol. The van der Waals surface area contributed by atoms with Gasteiger partial charge in [-0.05, 0) is 18.2 Å². The number of rotatable bonds is 4. The fourth-order valence-corrected chi connectivity index (χ4v) is 7.99. The highest BCUT2D eigenvalue weighted by Crippen LogP contribution is 2.44. The van der Waals surface area contributed by atoms with Gasteiger partial charge in [-0.3, -0.25) is 4.79 Å². The summed E-state index contributed by atoms with van der Waals surface area (Å²) < 4.78 is 29.7. The molecule has 2 aliphatic rings. The van der Waals surface area contributed by atoms with Gasteiger partial charge in [0.05, 0.1) is 46.8 Å². The van der Waals surface area contributed by atoms with Gasteiger partial charge in [0.1, 0.15) is 5.75 Å². The molecule has 0 saturated carbocycles. The number of halogens is 2. The number of hydrogen-bond donors (Lipinski definition) is 0. The van der Waals surface area contributed by atoms with Crippen molar-refractivity contribution in [2.45, 2.75) is 17.7 Å². The van der Waals surface area contributed by atoms with Gasteiger partial charge in [0.15, 0.2) is 15.0 Å². The topological polar surface area (TPSA) is 76.0 Å². The number of ether oxygens (including phenoxy) is 1. The van der Waals surface area contributed by atoms with Gasteiger partial charge in [-0.2, -0.15) is 4.99 Å². The van der Waals surface area contributed by atoms with Gasteiger partial charge >= 0.3 is 0 Å². The first kappa shape index (κ1) is 21.5. The minimum atomic E-state index is -3.17. The van der Waals surface area contributed by atoms with Gasteiger partial charge in [0.2, 0.25) is 0 Å². The Morgan fingerprint density at radius 2 is 1.97 bits per heavy atom. The molecule has 30 heavy (non-hydrogen) atoms. The van der Waals surface area contributed by atoms with Crippen molar-refractivity contribution in [3.05, 3.63) is 58.1 Å². The lowest BCUT2D eigenvalue weighted by Gasteiger charge is -2.25. The van der Waals surface area contributed by atoms with E-state index in [1.807, 2.05) is 18.2 Å². The maximum atomic E-state index is 12.8. The average molecular weight is 485 g/mol. The number of anilines is 1. The van der Waals surface area contributed by atoms with Gasteiger partial charge < -0.3 is 9.64 Å². The molecule has 2 fully saturated rings. The third kappa shape index (κ3) is 4.19. The first-order valence-corrected chi connectivity index (χ1v) is 12.6. The van der Waals surface area contributed by atoms with Gasteiger partial charge in [0, 0.05) is 10.8 Å². The molecule has 0 aliphatic carbocycles. The van der Waals surface area contributed by atoms with Crippen LogP contribution >= 0.6 is 35.0 Å². The Hall–Kier alpha value is -1.74.